The summed E-state index contributed by atoms with van der Waals surface area (Å²) < 4.78 is 5.99. The van der Waals surface area contributed by atoms with E-state index in [0.29, 0.717) is 10.4 Å². The average molecular weight is 346 g/mol. The van der Waals surface area contributed by atoms with Gasteiger partial charge < -0.3 is 9.73 Å². The molecule has 1 atom stereocenters. The van der Waals surface area contributed by atoms with Gasteiger partial charge >= 0.3 is 0 Å². The summed E-state index contributed by atoms with van der Waals surface area (Å²) in [6.07, 6.45) is 6.38. The molecule has 0 saturated heterocycles. The van der Waals surface area contributed by atoms with Crippen molar-refractivity contribution in [3.05, 3.63) is 64.0 Å². The molecule has 21 heavy (non-hydrogen) atoms. The molecule has 0 fully saturated rings. The molecule has 0 aliphatic heterocycles. The predicted molar refractivity (Wildman–Crippen MR) is 85.7 cm³/mol. The van der Waals surface area contributed by atoms with Crippen LogP contribution in [0.3, 0.4) is 0 Å². The summed E-state index contributed by atoms with van der Waals surface area (Å²) in [7, 11) is 0. The summed E-state index contributed by atoms with van der Waals surface area (Å²) in [4.78, 5) is 12.0. The van der Waals surface area contributed by atoms with Crippen molar-refractivity contribution in [1.82, 2.24) is 5.32 Å². The molecule has 1 aliphatic rings. The summed E-state index contributed by atoms with van der Waals surface area (Å²) in [5.74, 6) is 0.560. The quantitative estimate of drug-likeness (QED) is 0.845. The highest BCUT2D eigenvalue weighted by atomic mass is 79.9. The van der Waals surface area contributed by atoms with Crippen molar-refractivity contribution in [3.63, 3.8) is 0 Å². The molecule has 0 unspecified atom stereocenters. The van der Waals surface area contributed by atoms with Gasteiger partial charge in [-0.05, 0) is 64.5 Å². The van der Waals surface area contributed by atoms with Crippen molar-refractivity contribution in [3.8, 4) is 0 Å². The van der Waals surface area contributed by atoms with Gasteiger partial charge in [-0.2, -0.15) is 0 Å². The molecule has 3 rings (SSSR count). The van der Waals surface area contributed by atoms with Crippen LogP contribution in [0.2, 0.25) is 0 Å². The van der Waals surface area contributed by atoms with Gasteiger partial charge in [0.1, 0.15) is 5.76 Å². The maximum Gasteiger partial charge on any atom is 0.244 e. The van der Waals surface area contributed by atoms with Gasteiger partial charge in [-0.3, -0.25) is 4.79 Å². The van der Waals surface area contributed by atoms with Crippen molar-refractivity contribution in [1.29, 1.82) is 0 Å². The number of hydrogen-bond donors (Lipinski definition) is 1. The van der Waals surface area contributed by atoms with E-state index >= 15 is 0 Å². The van der Waals surface area contributed by atoms with Crippen molar-refractivity contribution < 1.29 is 9.21 Å². The molecular formula is C17H16BrNO2. The van der Waals surface area contributed by atoms with Crippen LogP contribution >= 0.6 is 15.9 Å². The van der Waals surface area contributed by atoms with Gasteiger partial charge in [0, 0.05) is 6.08 Å². The second-order valence-corrected chi connectivity index (χ2v) is 5.91. The van der Waals surface area contributed by atoms with E-state index in [-0.39, 0.29) is 11.9 Å². The normalized spacial score (nSPS) is 17.7. The molecule has 108 valence electrons. The molecule has 1 aliphatic carbocycles. The van der Waals surface area contributed by atoms with E-state index in [9.17, 15) is 4.79 Å². The number of carbonyl (C=O) groups is 1. The first-order valence-electron chi connectivity index (χ1n) is 7.04. The molecule has 1 N–H and O–H groups in total. The Morgan fingerprint density at radius 3 is 2.95 bits per heavy atom. The Labute approximate surface area is 132 Å². The van der Waals surface area contributed by atoms with Gasteiger partial charge in [0.2, 0.25) is 5.91 Å². The van der Waals surface area contributed by atoms with Crippen molar-refractivity contribution in [2.75, 3.05) is 0 Å². The van der Waals surface area contributed by atoms with Gasteiger partial charge in [0.05, 0.1) is 6.04 Å². The molecule has 1 aromatic heterocycles. The van der Waals surface area contributed by atoms with E-state index < -0.39 is 0 Å². The lowest BCUT2D eigenvalue weighted by atomic mass is 9.88. The highest BCUT2D eigenvalue weighted by Gasteiger charge is 2.20. The standard InChI is InChI=1S/C17H16BrNO2/c18-16-10-8-13(21-16)9-11-17(20)19-15-7-3-5-12-4-1-2-6-14(12)15/h1-2,4,6,8-11,15H,3,5,7H2,(H,19,20)/b11-9+/t15-/m0/s1. The largest absolute Gasteiger partial charge is 0.450 e. The van der Waals surface area contributed by atoms with E-state index in [1.54, 1.807) is 12.1 Å². The topological polar surface area (TPSA) is 42.2 Å². The predicted octanol–water partition coefficient (Wildman–Crippen LogP) is 4.25. The van der Waals surface area contributed by atoms with E-state index in [1.807, 2.05) is 12.1 Å². The monoisotopic (exact) mass is 345 g/mol. The Morgan fingerprint density at radius 1 is 1.29 bits per heavy atom. The SMILES string of the molecule is O=C(/C=C/c1ccc(Br)o1)N[C@H]1CCCc2ccccc21. The third-order valence-electron chi connectivity index (χ3n) is 3.68. The first-order valence-corrected chi connectivity index (χ1v) is 7.83. The molecule has 2 aromatic rings. The lowest BCUT2D eigenvalue weighted by molar-refractivity contribution is -0.117. The van der Waals surface area contributed by atoms with Crippen molar-refractivity contribution in [2.24, 2.45) is 0 Å². The Bertz CT molecular complexity index is 675. The number of rotatable bonds is 3. The molecule has 0 radical (unpaired) electrons. The molecular weight excluding hydrogens is 330 g/mol. The maximum absolute atomic E-state index is 12.0. The molecule has 1 amide bonds. The van der Waals surface area contributed by atoms with Crippen LogP contribution in [0.5, 0.6) is 0 Å². The van der Waals surface area contributed by atoms with Crippen LogP contribution in [0.4, 0.5) is 0 Å². The van der Waals surface area contributed by atoms with Gasteiger partial charge in [-0.15, -0.1) is 0 Å². The number of furan rings is 1. The van der Waals surface area contributed by atoms with Gasteiger partial charge in [0.25, 0.3) is 0 Å². The van der Waals surface area contributed by atoms with E-state index in [1.165, 1.54) is 17.2 Å². The third kappa shape index (κ3) is 3.45. The summed E-state index contributed by atoms with van der Waals surface area (Å²) >= 11 is 3.24. The Kier molecular flexibility index (Phi) is 4.25. The maximum atomic E-state index is 12.0. The number of amides is 1. The molecule has 1 aromatic carbocycles. The number of aryl methyl sites for hydroxylation is 1. The molecule has 0 bridgehead atoms. The lowest BCUT2D eigenvalue weighted by Crippen LogP contribution is -2.29. The number of benzene rings is 1. The highest BCUT2D eigenvalue weighted by molar-refractivity contribution is 9.10. The number of halogens is 1. The fourth-order valence-electron chi connectivity index (χ4n) is 2.70. The zero-order chi connectivity index (χ0) is 14.7. The second kappa shape index (κ2) is 6.31. The average Bonchev–Trinajstić information content (AvgIpc) is 2.91. The summed E-state index contributed by atoms with van der Waals surface area (Å²) in [6, 6.07) is 12.0. The van der Waals surface area contributed by atoms with Crippen molar-refractivity contribution in [2.45, 2.75) is 25.3 Å². The smallest absolute Gasteiger partial charge is 0.244 e. The third-order valence-corrected chi connectivity index (χ3v) is 4.11. The molecule has 4 heteroatoms. The van der Waals surface area contributed by atoms with Crippen LogP contribution in [0.1, 0.15) is 35.8 Å². The molecule has 3 nitrogen and oxygen atoms in total. The van der Waals surface area contributed by atoms with Crippen LogP contribution < -0.4 is 5.32 Å². The number of hydrogen-bond acceptors (Lipinski definition) is 2. The first-order chi connectivity index (χ1) is 10.2. The van der Waals surface area contributed by atoms with Gasteiger partial charge in [-0.1, -0.05) is 24.3 Å². The highest BCUT2D eigenvalue weighted by Crippen LogP contribution is 2.29. The minimum absolute atomic E-state index is 0.0933. The Morgan fingerprint density at radius 2 is 2.14 bits per heavy atom. The fourth-order valence-corrected chi connectivity index (χ4v) is 3.02. The first kappa shape index (κ1) is 14.1. The zero-order valence-electron chi connectivity index (χ0n) is 11.5. The minimum atomic E-state index is -0.0933. The van der Waals surface area contributed by atoms with E-state index in [2.05, 4.69) is 39.4 Å². The number of carbonyl (C=O) groups excluding carboxylic acids is 1. The van der Waals surface area contributed by atoms with E-state index in [4.69, 9.17) is 4.42 Å². The lowest BCUT2D eigenvalue weighted by Gasteiger charge is -2.25. The van der Waals surface area contributed by atoms with Gasteiger partial charge in [-0.25, -0.2) is 0 Å². The van der Waals surface area contributed by atoms with Crippen molar-refractivity contribution >= 4 is 27.9 Å². The molecule has 1 heterocycles. The van der Waals surface area contributed by atoms with Gasteiger partial charge in [0.15, 0.2) is 4.67 Å². The van der Waals surface area contributed by atoms with E-state index in [0.717, 1.165) is 19.3 Å². The summed E-state index contributed by atoms with van der Waals surface area (Å²) in [6.45, 7) is 0. The summed E-state index contributed by atoms with van der Waals surface area (Å²) in [5, 5.41) is 3.07. The zero-order valence-corrected chi connectivity index (χ0v) is 13.1. The molecule has 0 saturated carbocycles. The second-order valence-electron chi connectivity index (χ2n) is 5.13. The fraction of sp³-hybridized carbons (Fsp3) is 0.235. The van der Waals surface area contributed by atoms with Crippen LogP contribution in [0, 0.1) is 0 Å². The van der Waals surface area contributed by atoms with Crippen LogP contribution in [0.25, 0.3) is 6.08 Å². The Balaban J connectivity index is 1.67. The molecule has 0 spiro atoms. The number of fused-ring (bicyclic) bond motifs is 1. The minimum Gasteiger partial charge on any atom is -0.450 e. The number of nitrogens with one attached hydrogen (secondary N) is 1. The van der Waals surface area contributed by atoms with Crippen LogP contribution in [0.15, 0.2) is 51.6 Å². The van der Waals surface area contributed by atoms with Crippen LogP contribution in [-0.4, -0.2) is 5.91 Å². The van der Waals surface area contributed by atoms with Crippen LogP contribution in [-0.2, 0) is 11.2 Å². The Hall–Kier alpha value is -1.81. The summed E-state index contributed by atoms with van der Waals surface area (Å²) in [5.41, 5.74) is 2.58.